The molecule has 0 aliphatic carbocycles. The number of carbonyl (C=O) groups is 2. The molecule has 0 fully saturated rings. The molecular formula is C19H26BrN5O2. The Balaban J connectivity index is 1.93. The van der Waals surface area contributed by atoms with Crippen LogP contribution in [0.2, 0.25) is 0 Å². The summed E-state index contributed by atoms with van der Waals surface area (Å²) in [6.45, 7) is 7.79. The maximum atomic E-state index is 12.5. The molecule has 0 radical (unpaired) electrons. The summed E-state index contributed by atoms with van der Waals surface area (Å²) in [5.41, 5.74) is 1.72. The summed E-state index contributed by atoms with van der Waals surface area (Å²) in [5.74, 6) is 0.285. The van der Waals surface area contributed by atoms with Crippen molar-refractivity contribution in [2.45, 2.75) is 39.8 Å². The fourth-order valence-corrected chi connectivity index (χ4v) is 3.05. The molecule has 2 N–H and O–H groups in total. The fraction of sp³-hybridized carbons (Fsp3) is 0.421. The van der Waals surface area contributed by atoms with E-state index in [0.29, 0.717) is 5.82 Å². The molecule has 2 rings (SSSR count). The molecule has 0 saturated heterocycles. The molecule has 0 bridgehead atoms. The summed E-state index contributed by atoms with van der Waals surface area (Å²) in [6, 6.07) is 7.09. The van der Waals surface area contributed by atoms with Crippen molar-refractivity contribution >= 4 is 39.2 Å². The van der Waals surface area contributed by atoms with Crippen LogP contribution in [0.15, 0.2) is 34.9 Å². The molecule has 27 heavy (non-hydrogen) atoms. The largest absolute Gasteiger partial charge is 0.325 e. The van der Waals surface area contributed by atoms with Crippen LogP contribution in [0, 0.1) is 6.92 Å². The smallest absolute Gasteiger partial charge is 0.242 e. The lowest BCUT2D eigenvalue weighted by molar-refractivity contribution is -0.122. The number of rotatable bonds is 7. The maximum absolute atomic E-state index is 12.5. The summed E-state index contributed by atoms with van der Waals surface area (Å²) in [6.07, 6.45) is 1.65. The third kappa shape index (κ3) is 5.64. The Hall–Kier alpha value is -2.19. The molecule has 7 nitrogen and oxygen atoms in total. The highest BCUT2D eigenvalue weighted by atomic mass is 79.9. The fourth-order valence-electron chi connectivity index (χ4n) is 2.58. The zero-order valence-electron chi connectivity index (χ0n) is 16.3. The minimum absolute atomic E-state index is 0.105. The van der Waals surface area contributed by atoms with Gasteiger partial charge in [-0.15, -0.1) is 0 Å². The van der Waals surface area contributed by atoms with Gasteiger partial charge in [-0.25, -0.2) is 4.68 Å². The van der Waals surface area contributed by atoms with Gasteiger partial charge in [0.25, 0.3) is 0 Å². The lowest BCUT2D eigenvalue weighted by atomic mass is 10.2. The third-order valence-electron chi connectivity index (χ3n) is 4.31. The van der Waals surface area contributed by atoms with E-state index in [0.717, 1.165) is 15.7 Å². The Morgan fingerprint density at radius 2 is 1.93 bits per heavy atom. The molecule has 0 aliphatic rings. The molecule has 2 amide bonds. The number of amides is 2. The van der Waals surface area contributed by atoms with E-state index in [9.17, 15) is 9.59 Å². The van der Waals surface area contributed by atoms with Gasteiger partial charge >= 0.3 is 0 Å². The number of likely N-dealkylation sites (N-methyl/N-ethyl adjacent to an activating group) is 1. The second kappa shape index (κ2) is 9.14. The first kappa shape index (κ1) is 21.1. The van der Waals surface area contributed by atoms with E-state index >= 15 is 0 Å². The first-order chi connectivity index (χ1) is 12.7. The van der Waals surface area contributed by atoms with Crippen molar-refractivity contribution in [2.24, 2.45) is 0 Å². The molecular weight excluding hydrogens is 410 g/mol. The number of aromatic nitrogens is 2. The Morgan fingerprint density at radius 3 is 2.56 bits per heavy atom. The normalized spacial score (nSPS) is 12.3. The van der Waals surface area contributed by atoms with E-state index in [1.54, 1.807) is 35.8 Å². The van der Waals surface area contributed by atoms with Gasteiger partial charge < -0.3 is 10.6 Å². The van der Waals surface area contributed by atoms with Crippen LogP contribution in [0.5, 0.6) is 0 Å². The van der Waals surface area contributed by atoms with Gasteiger partial charge in [-0.3, -0.25) is 14.5 Å². The van der Waals surface area contributed by atoms with Crippen LogP contribution in [-0.4, -0.2) is 46.1 Å². The van der Waals surface area contributed by atoms with Gasteiger partial charge in [-0.05, 0) is 58.5 Å². The SMILES string of the molecule is Cc1cc(Br)ccc1NC(=O)CN(C)[C@H](C)C(=O)Nc1ccnn1C(C)C. The molecule has 0 aliphatic heterocycles. The van der Waals surface area contributed by atoms with Crippen LogP contribution >= 0.6 is 15.9 Å². The predicted octanol–water partition coefficient (Wildman–Crippen LogP) is 3.43. The number of halogens is 1. The number of benzene rings is 1. The number of anilines is 2. The highest BCUT2D eigenvalue weighted by molar-refractivity contribution is 9.10. The minimum atomic E-state index is -0.475. The molecule has 1 aromatic heterocycles. The average molecular weight is 436 g/mol. The van der Waals surface area contributed by atoms with Gasteiger partial charge in [0.05, 0.1) is 18.8 Å². The van der Waals surface area contributed by atoms with Crippen molar-refractivity contribution in [3.8, 4) is 0 Å². The van der Waals surface area contributed by atoms with E-state index < -0.39 is 6.04 Å². The van der Waals surface area contributed by atoms with Gasteiger partial charge in [0.2, 0.25) is 11.8 Å². The van der Waals surface area contributed by atoms with Crippen LogP contribution in [0.3, 0.4) is 0 Å². The first-order valence-electron chi connectivity index (χ1n) is 8.79. The zero-order valence-corrected chi connectivity index (χ0v) is 17.9. The third-order valence-corrected chi connectivity index (χ3v) is 4.80. The number of carbonyl (C=O) groups excluding carboxylic acids is 2. The van der Waals surface area contributed by atoms with Gasteiger partial charge in [0.15, 0.2) is 0 Å². The highest BCUT2D eigenvalue weighted by Crippen LogP contribution is 2.20. The quantitative estimate of drug-likeness (QED) is 0.697. The number of aryl methyl sites for hydroxylation is 1. The Bertz CT molecular complexity index is 818. The number of nitrogens with one attached hydrogen (secondary N) is 2. The van der Waals surface area contributed by atoms with E-state index in [-0.39, 0.29) is 24.4 Å². The molecule has 0 unspecified atom stereocenters. The van der Waals surface area contributed by atoms with E-state index in [1.165, 1.54) is 0 Å². The minimum Gasteiger partial charge on any atom is -0.325 e. The first-order valence-corrected chi connectivity index (χ1v) is 9.59. The van der Waals surface area contributed by atoms with Crippen molar-refractivity contribution < 1.29 is 9.59 Å². The predicted molar refractivity (Wildman–Crippen MR) is 111 cm³/mol. The van der Waals surface area contributed by atoms with Crippen LogP contribution in [-0.2, 0) is 9.59 Å². The van der Waals surface area contributed by atoms with Gasteiger partial charge in [0, 0.05) is 22.3 Å². The van der Waals surface area contributed by atoms with Crippen molar-refractivity contribution in [1.82, 2.24) is 14.7 Å². The van der Waals surface area contributed by atoms with Gasteiger partial charge in [0.1, 0.15) is 5.82 Å². The van der Waals surface area contributed by atoms with E-state index in [2.05, 4.69) is 31.7 Å². The molecule has 146 valence electrons. The zero-order chi connectivity index (χ0) is 20.1. The topological polar surface area (TPSA) is 79.3 Å². The van der Waals surface area contributed by atoms with Crippen LogP contribution in [0.4, 0.5) is 11.5 Å². The van der Waals surface area contributed by atoms with Gasteiger partial charge in [-0.1, -0.05) is 15.9 Å². The van der Waals surface area contributed by atoms with E-state index in [4.69, 9.17) is 0 Å². The Kier molecular flexibility index (Phi) is 7.15. The number of hydrogen-bond donors (Lipinski definition) is 2. The maximum Gasteiger partial charge on any atom is 0.242 e. The lowest BCUT2D eigenvalue weighted by Crippen LogP contribution is -2.43. The summed E-state index contributed by atoms with van der Waals surface area (Å²) >= 11 is 3.40. The molecule has 1 heterocycles. The van der Waals surface area contributed by atoms with Crippen molar-refractivity contribution in [3.63, 3.8) is 0 Å². The molecule has 2 aromatic rings. The molecule has 1 aromatic carbocycles. The second-order valence-electron chi connectivity index (χ2n) is 6.84. The van der Waals surface area contributed by atoms with Crippen molar-refractivity contribution in [3.05, 3.63) is 40.5 Å². The average Bonchev–Trinajstić information content (AvgIpc) is 3.05. The monoisotopic (exact) mass is 435 g/mol. The molecule has 0 saturated carbocycles. The Labute approximate surface area is 168 Å². The van der Waals surface area contributed by atoms with Crippen molar-refractivity contribution in [2.75, 3.05) is 24.2 Å². The molecule has 1 atom stereocenters. The van der Waals surface area contributed by atoms with Crippen molar-refractivity contribution in [1.29, 1.82) is 0 Å². The number of nitrogens with zero attached hydrogens (tertiary/aromatic N) is 3. The van der Waals surface area contributed by atoms with Crippen LogP contribution < -0.4 is 10.6 Å². The molecule has 0 spiro atoms. The van der Waals surface area contributed by atoms with Crippen LogP contribution in [0.25, 0.3) is 0 Å². The van der Waals surface area contributed by atoms with Gasteiger partial charge in [-0.2, -0.15) is 5.10 Å². The summed E-state index contributed by atoms with van der Waals surface area (Å²) in [5, 5.41) is 9.96. The molecule has 8 heteroatoms. The van der Waals surface area contributed by atoms with E-state index in [1.807, 2.05) is 39.0 Å². The second-order valence-corrected chi connectivity index (χ2v) is 7.76. The summed E-state index contributed by atoms with van der Waals surface area (Å²) in [4.78, 5) is 26.6. The summed E-state index contributed by atoms with van der Waals surface area (Å²) in [7, 11) is 1.75. The summed E-state index contributed by atoms with van der Waals surface area (Å²) < 4.78 is 2.70. The Morgan fingerprint density at radius 1 is 1.22 bits per heavy atom. The van der Waals surface area contributed by atoms with Crippen LogP contribution in [0.1, 0.15) is 32.4 Å². The lowest BCUT2D eigenvalue weighted by Gasteiger charge is -2.24. The number of hydrogen-bond acceptors (Lipinski definition) is 4. The standard InChI is InChI=1S/C19H26BrN5O2/c1-12(2)25-17(8-9-21-25)23-19(27)14(4)24(5)11-18(26)22-16-7-6-15(20)10-13(16)3/h6-10,12,14H,11H2,1-5H3,(H,22,26)(H,23,27)/t14-/m1/s1. The highest BCUT2D eigenvalue weighted by Gasteiger charge is 2.21.